The van der Waals surface area contributed by atoms with Crippen LogP contribution in [0, 0.1) is 0 Å². The largest absolute Gasteiger partial charge is 0.494 e. The molecule has 0 spiro atoms. The van der Waals surface area contributed by atoms with Gasteiger partial charge in [0.1, 0.15) is 5.75 Å². The van der Waals surface area contributed by atoms with Crippen LogP contribution >= 0.6 is 0 Å². The minimum atomic E-state index is -1.21. The first-order chi connectivity index (χ1) is 8.11. The quantitative estimate of drug-likeness (QED) is 0.736. The van der Waals surface area contributed by atoms with Gasteiger partial charge in [-0.25, -0.2) is 4.79 Å². The first kappa shape index (κ1) is 11.0. The van der Waals surface area contributed by atoms with Crippen molar-refractivity contribution in [1.82, 2.24) is 4.98 Å². The van der Waals surface area contributed by atoms with Crippen molar-refractivity contribution in [3.05, 3.63) is 34.6 Å². The number of hydrogen-bond acceptors (Lipinski definition) is 3. The fraction of sp³-hybridized carbons (Fsp3) is 0.0909. The van der Waals surface area contributed by atoms with Crippen LogP contribution in [0.5, 0.6) is 5.75 Å². The number of fused-ring (bicyclic) bond motifs is 1. The number of hydrogen-bond donors (Lipinski definition) is 3. The van der Waals surface area contributed by atoms with E-state index in [9.17, 15) is 9.59 Å². The maximum absolute atomic E-state index is 11.6. The van der Waals surface area contributed by atoms with Crippen LogP contribution in [0.25, 0.3) is 10.9 Å². The number of H-pyrrole nitrogens is 1. The van der Waals surface area contributed by atoms with E-state index in [1.165, 1.54) is 25.4 Å². The van der Waals surface area contributed by atoms with Crippen molar-refractivity contribution in [3.63, 3.8) is 0 Å². The molecule has 0 aliphatic carbocycles. The van der Waals surface area contributed by atoms with Crippen LogP contribution in [-0.2, 0) is 0 Å². The van der Waals surface area contributed by atoms with Crippen molar-refractivity contribution in [2.45, 2.75) is 0 Å². The van der Waals surface area contributed by atoms with Crippen LogP contribution in [0.2, 0.25) is 0 Å². The minimum Gasteiger partial charge on any atom is -0.494 e. The van der Waals surface area contributed by atoms with E-state index in [0.717, 1.165) is 0 Å². The Morgan fingerprint density at radius 1 is 1.47 bits per heavy atom. The Bertz CT molecular complexity index is 633. The molecule has 17 heavy (non-hydrogen) atoms. The highest BCUT2D eigenvalue weighted by atomic mass is 16.5. The van der Waals surface area contributed by atoms with Gasteiger partial charge in [-0.2, -0.15) is 0 Å². The molecule has 0 aliphatic rings. The molecule has 0 bridgehead atoms. The van der Waals surface area contributed by atoms with E-state index in [2.05, 4.69) is 10.3 Å². The molecule has 1 aromatic heterocycles. The summed E-state index contributed by atoms with van der Waals surface area (Å²) in [5, 5.41) is 11.3. The maximum atomic E-state index is 11.6. The number of carbonyl (C=O) groups is 1. The topological polar surface area (TPSA) is 91.4 Å². The minimum absolute atomic E-state index is 0.185. The number of benzene rings is 1. The molecular formula is C11H10N2O4. The smallest absolute Gasteiger partial charge is 0.409 e. The number of methoxy groups -OCH3 is 1. The zero-order valence-corrected chi connectivity index (χ0v) is 8.98. The van der Waals surface area contributed by atoms with E-state index in [4.69, 9.17) is 9.84 Å². The van der Waals surface area contributed by atoms with E-state index in [1.807, 2.05) is 0 Å². The third-order valence-corrected chi connectivity index (χ3v) is 2.32. The lowest BCUT2D eigenvalue weighted by Crippen LogP contribution is -2.10. The monoisotopic (exact) mass is 234 g/mol. The van der Waals surface area contributed by atoms with Gasteiger partial charge in [-0.05, 0) is 6.07 Å². The van der Waals surface area contributed by atoms with Crippen LogP contribution in [0.4, 0.5) is 10.5 Å². The van der Waals surface area contributed by atoms with Crippen molar-refractivity contribution >= 4 is 22.7 Å². The normalized spacial score (nSPS) is 10.2. The van der Waals surface area contributed by atoms with Gasteiger partial charge >= 0.3 is 6.09 Å². The number of amides is 1. The summed E-state index contributed by atoms with van der Waals surface area (Å²) in [6.07, 6.45) is 0.309. The highest BCUT2D eigenvalue weighted by Crippen LogP contribution is 2.27. The van der Waals surface area contributed by atoms with Gasteiger partial charge in [0.05, 0.1) is 18.3 Å². The number of aromatic amines is 1. The van der Waals surface area contributed by atoms with Gasteiger partial charge in [0.15, 0.2) is 5.43 Å². The summed E-state index contributed by atoms with van der Waals surface area (Å²) >= 11 is 0. The number of rotatable bonds is 2. The number of pyridine rings is 1. The lowest BCUT2D eigenvalue weighted by Gasteiger charge is -2.09. The van der Waals surface area contributed by atoms with Gasteiger partial charge in [0, 0.05) is 23.7 Å². The molecule has 2 rings (SSSR count). The fourth-order valence-electron chi connectivity index (χ4n) is 1.58. The molecule has 1 heterocycles. The number of nitrogens with one attached hydrogen (secondary N) is 2. The van der Waals surface area contributed by atoms with Crippen LogP contribution in [0.3, 0.4) is 0 Å². The lowest BCUT2D eigenvalue weighted by atomic mass is 10.2. The molecule has 0 saturated carbocycles. The summed E-state index contributed by atoms with van der Waals surface area (Å²) in [7, 11) is 1.43. The third-order valence-electron chi connectivity index (χ3n) is 2.32. The SMILES string of the molecule is COc1cc2[nH]ccc(=O)c2cc1NC(=O)O. The van der Waals surface area contributed by atoms with Gasteiger partial charge in [-0.15, -0.1) is 0 Å². The standard InChI is InChI=1S/C11H10N2O4/c1-17-10-5-7-6(9(14)2-3-12-7)4-8(10)13-11(15)16/h2-5,13H,1H3,(H,12,14)(H,15,16). The Labute approximate surface area is 95.8 Å². The van der Waals surface area contributed by atoms with Gasteiger partial charge < -0.3 is 14.8 Å². The highest BCUT2D eigenvalue weighted by molar-refractivity contribution is 5.92. The van der Waals surface area contributed by atoms with Gasteiger partial charge in [0.2, 0.25) is 0 Å². The van der Waals surface area contributed by atoms with Crippen molar-refractivity contribution in [1.29, 1.82) is 0 Å². The van der Waals surface area contributed by atoms with Gasteiger partial charge in [-0.1, -0.05) is 0 Å². The summed E-state index contributed by atoms with van der Waals surface area (Å²) < 4.78 is 5.05. The molecule has 0 fully saturated rings. The molecule has 0 atom stereocenters. The van der Waals surface area contributed by atoms with E-state index < -0.39 is 6.09 Å². The van der Waals surface area contributed by atoms with Crippen molar-refractivity contribution in [3.8, 4) is 5.75 Å². The first-order valence-corrected chi connectivity index (χ1v) is 4.81. The summed E-state index contributed by atoms with van der Waals surface area (Å²) in [4.78, 5) is 25.1. The average Bonchev–Trinajstić information content (AvgIpc) is 2.29. The van der Waals surface area contributed by atoms with E-state index in [0.29, 0.717) is 16.7 Å². The molecule has 6 nitrogen and oxygen atoms in total. The number of carboxylic acid groups (broad SMARTS) is 1. The Hall–Kier alpha value is -2.50. The van der Waals surface area contributed by atoms with Gasteiger partial charge in [-0.3, -0.25) is 10.1 Å². The Kier molecular flexibility index (Phi) is 2.70. The van der Waals surface area contributed by atoms with Crippen LogP contribution in [-0.4, -0.2) is 23.3 Å². The van der Waals surface area contributed by atoms with Crippen molar-refractivity contribution in [2.75, 3.05) is 12.4 Å². The summed E-state index contributed by atoms with van der Waals surface area (Å²) in [6.45, 7) is 0. The van der Waals surface area contributed by atoms with Crippen LogP contribution < -0.4 is 15.5 Å². The Morgan fingerprint density at radius 2 is 2.24 bits per heavy atom. The average molecular weight is 234 g/mol. The van der Waals surface area contributed by atoms with Gasteiger partial charge in [0.25, 0.3) is 0 Å². The molecule has 88 valence electrons. The second kappa shape index (κ2) is 4.17. The van der Waals surface area contributed by atoms with Crippen molar-refractivity contribution in [2.24, 2.45) is 0 Å². The predicted octanol–water partition coefficient (Wildman–Crippen LogP) is 1.63. The van der Waals surface area contributed by atoms with E-state index in [1.54, 1.807) is 6.07 Å². The molecule has 2 aromatic rings. The maximum Gasteiger partial charge on any atom is 0.409 e. The summed E-state index contributed by atoms with van der Waals surface area (Å²) in [6, 6.07) is 4.39. The molecule has 0 saturated heterocycles. The lowest BCUT2D eigenvalue weighted by molar-refractivity contribution is 0.209. The third kappa shape index (κ3) is 2.05. The number of anilines is 1. The number of ether oxygens (including phenoxy) is 1. The molecule has 0 aliphatic heterocycles. The second-order valence-corrected chi connectivity index (χ2v) is 3.37. The zero-order valence-electron chi connectivity index (χ0n) is 8.98. The number of aromatic nitrogens is 1. The summed E-state index contributed by atoms with van der Waals surface area (Å²) in [5.41, 5.74) is 0.643. The molecule has 0 radical (unpaired) electrons. The van der Waals surface area contributed by atoms with E-state index in [-0.39, 0.29) is 11.1 Å². The molecule has 3 N–H and O–H groups in total. The second-order valence-electron chi connectivity index (χ2n) is 3.37. The highest BCUT2D eigenvalue weighted by Gasteiger charge is 2.09. The van der Waals surface area contributed by atoms with E-state index >= 15 is 0 Å². The Morgan fingerprint density at radius 3 is 2.88 bits per heavy atom. The Balaban J connectivity index is 2.69. The molecule has 6 heteroatoms. The molecule has 0 unspecified atom stereocenters. The fourth-order valence-corrected chi connectivity index (χ4v) is 1.58. The molecular weight excluding hydrogens is 224 g/mol. The first-order valence-electron chi connectivity index (χ1n) is 4.81. The molecule has 1 aromatic carbocycles. The van der Waals surface area contributed by atoms with Crippen LogP contribution in [0.1, 0.15) is 0 Å². The molecule has 1 amide bonds. The van der Waals surface area contributed by atoms with Crippen LogP contribution in [0.15, 0.2) is 29.2 Å². The summed E-state index contributed by atoms with van der Waals surface area (Å²) in [5.74, 6) is 0.349. The predicted molar refractivity (Wildman–Crippen MR) is 62.8 cm³/mol. The zero-order chi connectivity index (χ0) is 12.4. The van der Waals surface area contributed by atoms with Crippen molar-refractivity contribution < 1.29 is 14.6 Å².